The second-order valence-corrected chi connectivity index (χ2v) is 4.94. The molecule has 1 unspecified atom stereocenters. The van der Waals surface area contributed by atoms with Gasteiger partial charge in [-0.3, -0.25) is 4.79 Å². The Hall–Kier alpha value is -1.75. The van der Waals surface area contributed by atoms with Crippen molar-refractivity contribution < 1.29 is 19.4 Å². The molecule has 0 aromatic heterocycles. The lowest BCUT2D eigenvalue weighted by molar-refractivity contribution is -0.122. The van der Waals surface area contributed by atoms with Gasteiger partial charge >= 0.3 is 0 Å². The lowest BCUT2D eigenvalue weighted by atomic mass is 10.1. The molecule has 0 radical (unpaired) electrons. The van der Waals surface area contributed by atoms with Gasteiger partial charge in [-0.2, -0.15) is 0 Å². The van der Waals surface area contributed by atoms with Gasteiger partial charge in [0.05, 0.1) is 6.10 Å². The summed E-state index contributed by atoms with van der Waals surface area (Å²) < 4.78 is 10.9. The lowest BCUT2D eigenvalue weighted by Gasteiger charge is -2.20. The number of hydrogen-bond donors (Lipinski definition) is 2. The highest BCUT2D eigenvalue weighted by molar-refractivity contribution is 5.80. The summed E-state index contributed by atoms with van der Waals surface area (Å²) in [5.74, 6) is 1.55. The van der Waals surface area contributed by atoms with E-state index >= 15 is 0 Å². The summed E-state index contributed by atoms with van der Waals surface area (Å²) >= 11 is 0. The molecule has 2 aliphatic rings. The first-order chi connectivity index (χ1) is 9.24. The number of rotatable bonds is 4. The van der Waals surface area contributed by atoms with Crippen molar-refractivity contribution in [1.82, 2.24) is 5.32 Å². The third-order valence-corrected chi connectivity index (χ3v) is 3.37. The fourth-order valence-corrected chi connectivity index (χ4v) is 2.07. The molecule has 1 fully saturated rings. The first-order valence-electron chi connectivity index (χ1n) is 6.59. The van der Waals surface area contributed by atoms with E-state index in [1.54, 1.807) is 18.2 Å². The Bertz CT molecular complexity index is 484. The van der Waals surface area contributed by atoms with Gasteiger partial charge in [-0.25, -0.2) is 0 Å². The van der Waals surface area contributed by atoms with Crippen molar-refractivity contribution in [2.24, 2.45) is 5.92 Å². The molecule has 1 heterocycles. The summed E-state index contributed by atoms with van der Waals surface area (Å²) in [6.07, 6.45) is 1.20. The van der Waals surface area contributed by atoms with Crippen molar-refractivity contribution in [3.05, 3.63) is 23.8 Å². The summed E-state index contributed by atoms with van der Waals surface area (Å²) in [6, 6.07) is 5.35. The number of carbonyl (C=O) groups is 1. The Morgan fingerprint density at radius 1 is 1.32 bits per heavy atom. The Morgan fingerprint density at radius 3 is 2.79 bits per heavy atom. The van der Waals surface area contributed by atoms with Crippen LogP contribution in [0.2, 0.25) is 0 Å². The van der Waals surface area contributed by atoms with Crippen LogP contribution in [0.5, 0.6) is 11.5 Å². The van der Waals surface area contributed by atoms with Crippen molar-refractivity contribution in [2.75, 3.05) is 19.8 Å². The number of aliphatic hydroxyl groups is 1. The van der Waals surface area contributed by atoms with Crippen LogP contribution in [0.1, 0.15) is 24.5 Å². The van der Waals surface area contributed by atoms with Crippen molar-refractivity contribution in [3.63, 3.8) is 0 Å². The van der Waals surface area contributed by atoms with Crippen molar-refractivity contribution in [2.45, 2.75) is 18.9 Å². The minimum Gasteiger partial charge on any atom is -0.486 e. The number of amides is 1. The third-order valence-electron chi connectivity index (χ3n) is 3.37. The zero-order valence-corrected chi connectivity index (χ0v) is 10.6. The van der Waals surface area contributed by atoms with Gasteiger partial charge < -0.3 is 19.9 Å². The van der Waals surface area contributed by atoms with Crippen molar-refractivity contribution in [3.8, 4) is 11.5 Å². The van der Waals surface area contributed by atoms with Crippen LogP contribution in [0, 0.1) is 5.92 Å². The molecule has 1 atom stereocenters. The molecule has 1 aliphatic carbocycles. The first kappa shape index (κ1) is 12.3. The number of aliphatic hydroxyl groups excluding tert-OH is 1. The fraction of sp³-hybridized carbons (Fsp3) is 0.500. The van der Waals surface area contributed by atoms with Crippen molar-refractivity contribution >= 4 is 5.91 Å². The molecule has 0 saturated heterocycles. The quantitative estimate of drug-likeness (QED) is 0.851. The molecule has 5 heteroatoms. The number of hydrogen-bond acceptors (Lipinski definition) is 4. The Morgan fingerprint density at radius 2 is 2.05 bits per heavy atom. The van der Waals surface area contributed by atoms with E-state index < -0.39 is 6.10 Å². The van der Waals surface area contributed by atoms with Crippen LogP contribution >= 0.6 is 0 Å². The molecule has 0 spiro atoms. The second-order valence-electron chi connectivity index (χ2n) is 4.94. The summed E-state index contributed by atoms with van der Waals surface area (Å²) in [5.41, 5.74) is 0.723. The molecule has 19 heavy (non-hydrogen) atoms. The van der Waals surface area contributed by atoms with E-state index in [1.165, 1.54) is 0 Å². The largest absolute Gasteiger partial charge is 0.486 e. The zero-order valence-electron chi connectivity index (χ0n) is 10.6. The molecule has 1 amide bonds. The minimum atomic E-state index is -0.724. The van der Waals surface area contributed by atoms with E-state index in [0.717, 1.165) is 18.4 Å². The predicted octanol–water partition coefficient (Wildman–Crippen LogP) is 1.02. The van der Waals surface area contributed by atoms with Crippen molar-refractivity contribution in [1.29, 1.82) is 0 Å². The minimum absolute atomic E-state index is 0.0385. The maximum Gasteiger partial charge on any atom is 0.223 e. The average molecular weight is 263 g/mol. The smallest absolute Gasteiger partial charge is 0.223 e. The second kappa shape index (κ2) is 5.09. The molecule has 2 N–H and O–H groups in total. The lowest BCUT2D eigenvalue weighted by Crippen LogP contribution is -2.29. The van der Waals surface area contributed by atoms with E-state index in [9.17, 15) is 9.90 Å². The fourth-order valence-electron chi connectivity index (χ4n) is 2.07. The van der Waals surface area contributed by atoms with Gasteiger partial charge in [-0.15, -0.1) is 0 Å². The number of ether oxygens (including phenoxy) is 2. The average Bonchev–Trinajstić information content (AvgIpc) is 3.28. The summed E-state index contributed by atoms with van der Waals surface area (Å²) in [4.78, 5) is 11.5. The van der Waals surface area contributed by atoms with Crippen LogP contribution in [0.3, 0.4) is 0 Å². The number of carbonyl (C=O) groups excluding carboxylic acids is 1. The van der Waals surface area contributed by atoms with Crippen LogP contribution in [-0.4, -0.2) is 30.8 Å². The van der Waals surface area contributed by atoms with Crippen LogP contribution in [0.15, 0.2) is 18.2 Å². The summed E-state index contributed by atoms with van der Waals surface area (Å²) in [7, 11) is 0. The van der Waals surface area contributed by atoms with E-state index in [1.807, 2.05) is 0 Å². The number of fused-ring (bicyclic) bond motifs is 1. The molecule has 1 aromatic carbocycles. The molecular weight excluding hydrogens is 246 g/mol. The van der Waals surface area contributed by atoms with Gasteiger partial charge in [0.2, 0.25) is 5.91 Å². The normalized spacial score (nSPS) is 18.8. The summed E-state index contributed by atoms with van der Waals surface area (Å²) in [5, 5.41) is 12.8. The zero-order chi connectivity index (χ0) is 13.2. The van der Waals surface area contributed by atoms with Crippen LogP contribution < -0.4 is 14.8 Å². The van der Waals surface area contributed by atoms with Gasteiger partial charge in [0.1, 0.15) is 13.2 Å². The Balaban J connectivity index is 1.62. The van der Waals surface area contributed by atoms with Gasteiger partial charge in [-0.1, -0.05) is 6.07 Å². The van der Waals surface area contributed by atoms with Crippen LogP contribution in [0.25, 0.3) is 0 Å². The molecular formula is C14H17NO4. The first-order valence-corrected chi connectivity index (χ1v) is 6.59. The molecule has 3 rings (SSSR count). The maximum atomic E-state index is 11.5. The van der Waals surface area contributed by atoms with E-state index in [0.29, 0.717) is 24.7 Å². The molecule has 1 aromatic rings. The predicted molar refractivity (Wildman–Crippen MR) is 68.1 cm³/mol. The monoisotopic (exact) mass is 263 g/mol. The van der Waals surface area contributed by atoms with Crippen LogP contribution in [-0.2, 0) is 4.79 Å². The molecule has 1 saturated carbocycles. The third kappa shape index (κ3) is 2.81. The van der Waals surface area contributed by atoms with Gasteiger partial charge in [0, 0.05) is 12.5 Å². The van der Waals surface area contributed by atoms with E-state index in [2.05, 4.69) is 5.32 Å². The molecule has 1 aliphatic heterocycles. The molecule has 0 bridgehead atoms. The van der Waals surface area contributed by atoms with E-state index in [4.69, 9.17) is 9.47 Å². The van der Waals surface area contributed by atoms with Gasteiger partial charge in [0.15, 0.2) is 11.5 Å². The van der Waals surface area contributed by atoms with Crippen LogP contribution in [0.4, 0.5) is 0 Å². The standard InChI is InChI=1S/C14H17NO4/c16-11(8-15-14(17)9-1-2-9)10-3-4-12-13(7-10)19-6-5-18-12/h3-4,7,9,11,16H,1-2,5-6,8H2,(H,15,17). The number of nitrogens with one attached hydrogen (secondary N) is 1. The molecule has 102 valence electrons. The van der Waals surface area contributed by atoms with Gasteiger partial charge in [0.25, 0.3) is 0 Å². The molecule has 5 nitrogen and oxygen atoms in total. The highest BCUT2D eigenvalue weighted by Crippen LogP contribution is 2.33. The summed E-state index contributed by atoms with van der Waals surface area (Å²) in [6.45, 7) is 1.30. The highest BCUT2D eigenvalue weighted by Gasteiger charge is 2.29. The topological polar surface area (TPSA) is 67.8 Å². The maximum absolute atomic E-state index is 11.5. The Kier molecular flexibility index (Phi) is 3.29. The van der Waals surface area contributed by atoms with E-state index in [-0.39, 0.29) is 18.4 Å². The van der Waals surface area contributed by atoms with Gasteiger partial charge in [-0.05, 0) is 30.5 Å². The Labute approximate surface area is 111 Å². The SMILES string of the molecule is O=C(NCC(O)c1ccc2c(c1)OCCO2)C1CC1. The number of benzene rings is 1. The highest BCUT2D eigenvalue weighted by atomic mass is 16.6.